The fraction of sp³-hybridized carbons (Fsp3) is 0.500. The van der Waals surface area contributed by atoms with Crippen molar-refractivity contribution in [3.63, 3.8) is 0 Å². The maximum Gasteiger partial charge on any atom is 0.243 e. The van der Waals surface area contributed by atoms with Crippen LogP contribution in [0, 0.1) is 5.92 Å². The number of hydrogen-bond donors (Lipinski definition) is 3. The van der Waals surface area contributed by atoms with E-state index in [1.165, 1.54) is 12.1 Å². The maximum atomic E-state index is 13.6. The molecule has 10 nitrogen and oxygen atoms in total. The lowest BCUT2D eigenvalue weighted by molar-refractivity contribution is -0.0314. The van der Waals surface area contributed by atoms with Crippen LogP contribution in [0.15, 0.2) is 82.6 Å². The highest BCUT2D eigenvalue weighted by Crippen LogP contribution is 2.46. The first-order chi connectivity index (χ1) is 23.0. The largest absolute Gasteiger partial charge is 0.491 e. The van der Waals surface area contributed by atoms with Crippen LogP contribution < -0.4 is 10.5 Å². The van der Waals surface area contributed by atoms with Gasteiger partial charge in [0.25, 0.3) is 0 Å². The molecule has 1 aliphatic carbocycles. The third-order valence-electron chi connectivity index (χ3n) is 10.2. The van der Waals surface area contributed by atoms with Gasteiger partial charge in [-0.2, -0.15) is 4.31 Å². The topological polar surface area (TPSA) is 156 Å². The van der Waals surface area contributed by atoms with E-state index in [9.17, 15) is 27.0 Å². The van der Waals surface area contributed by atoms with Gasteiger partial charge in [-0.1, -0.05) is 42.5 Å². The van der Waals surface area contributed by atoms with E-state index in [4.69, 9.17) is 15.2 Å². The summed E-state index contributed by atoms with van der Waals surface area (Å²) in [5, 5.41) is 20.2. The van der Waals surface area contributed by atoms with Gasteiger partial charge in [0, 0.05) is 13.1 Å². The van der Waals surface area contributed by atoms with E-state index >= 15 is 0 Å². The summed E-state index contributed by atoms with van der Waals surface area (Å²) in [6, 6.07) is 21.4. The molecule has 2 aliphatic heterocycles. The van der Waals surface area contributed by atoms with Gasteiger partial charge >= 0.3 is 0 Å². The van der Waals surface area contributed by atoms with E-state index in [2.05, 4.69) is 0 Å². The second-order valence-corrected chi connectivity index (χ2v) is 17.9. The Kier molecular flexibility index (Phi) is 10.3. The van der Waals surface area contributed by atoms with Gasteiger partial charge in [0.1, 0.15) is 12.4 Å². The highest BCUT2D eigenvalue weighted by molar-refractivity contribution is 7.93. The van der Waals surface area contributed by atoms with Gasteiger partial charge in [-0.05, 0) is 111 Å². The van der Waals surface area contributed by atoms with Crippen LogP contribution >= 0.6 is 0 Å². The molecule has 260 valence electrons. The van der Waals surface area contributed by atoms with Gasteiger partial charge in [0.2, 0.25) is 10.0 Å². The monoisotopic (exact) mass is 698 g/mol. The first-order valence-corrected chi connectivity index (χ1v) is 19.7. The Morgan fingerprint density at radius 3 is 2.31 bits per heavy atom. The lowest BCUT2D eigenvalue weighted by Crippen LogP contribution is -2.46. The Bertz CT molecular complexity index is 1780. The van der Waals surface area contributed by atoms with Gasteiger partial charge < -0.3 is 25.4 Å². The second-order valence-electron chi connectivity index (χ2n) is 13.6. The number of piperidine rings is 1. The van der Waals surface area contributed by atoms with Crippen molar-refractivity contribution in [3.8, 4) is 16.9 Å². The van der Waals surface area contributed by atoms with Crippen LogP contribution in [0.25, 0.3) is 11.1 Å². The molecule has 4 N–H and O–H groups in total. The van der Waals surface area contributed by atoms with Crippen molar-refractivity contribution in [2.45, 2.75) is 77.6 Å². The Balaban J connectivity index is 0.973. The minimum absolute atomic E-state index is 0.0287. The van der Waals surface area contributed by atoms with Gasteiger partial charge in [-0.3, -0.25) is 0 Å². The molecule has 48 heavy (non-hydrogen) atoms. The number of benzene rings is 3. The quantitative estimate of drug-likeness (QED) is 0.227. The number of nitrogens with zero attached hydrogens (tertiary/aromatic N) is 1. The molecule has 0 unspecified atom stereocenters. The van der Waals surface area contributed by atoms with Gasteiger partial charge in [0.15, 0.2) is 9.84 Å². The molecule has 2 atom stereocenters. The minimum Gasteiger partial charge on any atom is -0.491 e. The fourth-order valence-electron chi connectivity index (χ4n) is 6.96. The van der Waals surface area contributed by atoms with E-state index in [1.54, 1.807) is 34.6 Å². The summed E-state index contributed by atoms with van der Waals surface area (Å²) in [5.74, 6) is 0.606. The Labute approximate surface area is 283 Å². The molecule has 0 amide bonds. The molecule has 3 aromatic carbocycles. The minimum atomic E-state index is -3.67. The van der Waals surface area contributed by atoms with E-state index in [1.807, 2.05) is 30.3 Å². The lowest BCUT2D eigenvalue weighted by Gasteiger charge is -2.38. The summed E-state index contributed by atoms with van der Waals surface area (Å²) in [5.41, 5.74) is 8.26. The van der Waals surface area contributed by atoms with Crippen LogP contribution in [0.2, 0.25) is 0 Å². The molecule has 3 aromatic rings. The lowest BCUT2D eigenvalue weighted by atomic mass is 9.84. The molecule has 0 bridgehead atoms. The zero-order valence-corrected chi connectivity index (χ0v) is 28.8. The predicted octanol–water partition coefficient (Wildman–Crippen LogP) is 3.93. The Morgan fingerprint density at radius 1 is 0.917 bits per heavy atom. The number of aliphatic hydroxyl groups is 2. The van der Waals surface area contributed by atoms with Crippen molar-refractivity contribution in [1.82, 2.24) is 4.31 Å². The summed E-state index contributed by atoms with van der Waals surface area (Å²) in [4.78, 5) is 0.403. The van der Waals surface area contributed by atoms with E-state index < -0.39 is 37.3 Å². The molecule has 1 saturated carbocycles. The second kappa shape index (κ2) is 14.2. The molecular formula is C36H46N2O8S2. The molecule has 0 aromatic heterocycles. The van der Waals surface area contributed by atoms with E-state index in [0.717, 1.165) is 36.0 Å². The van der Waals surface area contributed by atoms with Gasteiger partial charge in [0.05, 0.1) is 39.5 Å². The standard InChI is InChI=1S/C36H46N2O8S2/c37-18-13-27-7-10-29(11-8-27)30-3-1-6-34(21-30)48(43,44)38-19-16-35(17-20-38)23-28(24-46-35)9-12-31(40)25-45-32-4-2-5-33(22-32)47(41,42)36(26-39)14-15-36/h1-8,10-11,21-22,28,31,39-40H,9,12-20,23-26,37H2/t28-,31-/m0/s1. The zero-order valence-electron chi connectivity index (χ0n) is 27.2. The van der Waals surface area contributed by atoms with Crippen molar-refractivity contribution in [3.05, 3.63) is 78.4 Å². The molecule has 2 saturated heterocycles. The molecule has 0 radical (unpaired) electrons. The average molecular weight is 699 g/mol. The molecule has 3 aliphatic rings. The third kappa shape index (κ3) is 7.35. The Morgan fingerprint density at radius 2 is 1.62 bits per heavy atom. The highest BCUT2D eigenvalue weighted by atomic mass is 32.2. The van der Waals surface area contributed by atoms with Gasteiger partial charge in [-0.15, -0.1) is 0 Å². The first kappa shape index (κ1) is 35.0. The van der Waals surface area contributed by atoms with Crippen LogP contribution in [0.3, 0.4) is 0 Å². The maximum absolute atomic E-state index is 13.6. The van der Waals surface area contributed by atoms with E-state index in [-0.39, 0.29) is 27.9 Å². The number of sulfone groups is 1. The fourth-order valence-corrected chi connectivity index (χ4v) is 10.3. The molecule has 3 fully saturated rings. The van der Waals surface area contributed by atoms with Crippen molar-refractivity contribution in [2.24, 2.45) is 11.7 Å². The zero-order chi connectivity index (χ0) is 34.0. The smallest absolute Gasteiger partial charge is 0.243 e. The number of sulfonamides is 1. The van der Waals surface area contributed by atoms with Crippen molar-refractivity contribution in [2.75, 3.05) is 39.5 Å². The van der Waals surface area contributed by atoms with Crippen LogP contribution in [0.1, 0.15) is 50.5 Å². The van der Waals surface area contributed by atoms with E-state index in [0.29, 0.717) is 64.1 Å². The summed E-state index contributed by atoms with van der Waals surface area (Å²) in [6.45, 7) is 1.55. The first-order valence-electron chi connectivity index (χ1n) is 16.8. The SMILES string of the molecule is NCCc1ccc(-c2cccc(S(=O)(=O)N3CCC4(CC3)C[C@H](CC[C@H](O)COc3cccc(S(=O)(=O)C5(CO)CC5)c3)CO4)c2)cc1. The highest BCUT2D eigenvalue weighted by Gasteiger charge is 2.54. The molecule has 12 heteroatoms. The summed E-state index contributed by atoms with van der Waals surface area (Å²) < 4.78 is 65.6. The number of hydrogen-bond acceptors (Lipinski definition) is 9. The summed E-state index contributed by atoms with van der Waals surface area (Å²) in [6.07, 6.45) is 4.25. The van der Waals surface area contributed by atoms with Crippen LogP contribution in [0.5, 0.6) is 5.75 Å². The van der Waals surface area contributed by atoms with Crippen molar-refractivity contribution in [1.29, 1.82) is 0 Å². The number of nitrogens with two attached hydrogens (primary N) is 1. The van der Waals surface area contributed by atoms with Crippen LogP contribution in [-0.4, -0.2) is 87.3 Å². The Hall–Kier alpha value is -2.84. The average Bonchev–Trinajstić information content (AvgIpc) is 3.83. The third-order valence-corrected chi connectivity index (χ3v) is 14.7. The number of aliphatic hydroxyl groups excluding tert-OH is 2. The molecule has 6 rings (SSSR count). The normalized spacial score (nSPS) is 21.3. The van der Waals surface area contributed by atoms with Gasteiger partial charge in [-0.25, -0.2) is 16.8 Å². The molecule has 2 heterocycles. The van der Waals surface area contributed by atoms with Crippen LogP contribution in [-0.2, 0) is 31.0 Å². The predicted molar refractivity (Wildman–Crippen MR) is 183 cm³/mol. The summed E-state index contributed by atoms with van der Waals surface area (Å²) >= 11 is 0. The molecular weight excluding hydrogens is 653 g/mol. The van der Waals surface area contributed by atoms with Crippen LogP contribution in [0.4, 0.5) is 0 Å². The van der Waals surface area contributed by atoms with Crippen molar-refractivity contribution < 1.29 is 36.5 Å². The van der Waals surface area contributed by atoms with Crippen molar-refractivity contribution >= 4 is 19.9 Å². The molecule has 1 spiro atoms. The number of rotatable bonds is 14. The number of ether oxygens (including phenoxy) is 2. The summed E-state index contributed by atoms with van der Waals surface area (Å²) in [7, 11) is -7.33.